The molecular formula is C11H10F4O2. The van der Waals surface area contributed by atoms with Crippen LogP contribution in [0.25, 0.3) is 0 Å². The molecule has 0 aliphatic heterocycles. The molecule has 17 heavy (non-hydrogen) atoms. The van der Waals surface area contributed by atoms with E-state index < -0.39 is 23.9 Å². The van der Waals surface area contributed by atoms with E-state index in [1.807, 2.05) is 0 Å². The Morgan fingerprint density at radius 2 is 1.88 bits per heavy atom. The van der Waals surface area contributed by atoms with E-state index >= 15 is 0 Å². The van der Waals surface area contributed by atoms with Gasteiger partial charge in [0.1, 0.15) is 0 Å². The predicted molar refractivity (Wildman–Crippen MR) is 52.3 cm³/mol. The Morgan fingerprint density at radius 3 is 2.41 bits per heavy atom. The standard InChI is InChI=1S/C11H10F4O2/c12-10(13)11(14,15)8-4-2-1-3-7(8)5-6-9(16)17/h1-4,10H,5-6H2,(H,16,17). The molecule has 0 saturated carbocycles. The Bertz CT molecular complexity index is 404. The maximum atomic E-state index is 13.2. The van der Waals surface area contributed by atoms with Gasteiger partial charge in [0.15, 0.2) is 0 Å². The van der Waals surface area contributed by atoms with Crippen LogP contribution in [-0.4, -0.2) is 17.5 Å². The van der Waals surface area contributed by atoms with Gasteiger partial charge in [-0.05, 0) is 12.0 Å². The molecule has 0 amide bonds. The molecule has 0 aromatic heterocycles. The smallest absolute Gasteiger partial charge is 0.332 e. The third-order valence-corrected chi connectivity index (χ3v) is 2.26. The van der Waals surface area contributed by atoms with Gasteiger partial charge in [0.25, 0.3) is 0 Å². The normalized spacial score (nSPS) is 11.8. The quantitative estimate of drug-likeness (QED) is 0.815. The highest BCUT2D eigenvalue weighted by atomic mass is 19.3. The summed E-state index contributed by atoms with van der Waals surface area (Å²) in [7, 11) is 0. The van der Waals surface area contributed by atoms with Crippen LogP contribution in [-0.2, 0) is 17.1 Å². The highest BCUT2D eigenvalue weighted by Crippen LogP contribution is 2.36. The van der Waals surface area contributed by atoms with Gasteiger partial charge in [0.2, 0.25) is 0 Å². The topological polar surface area (TPSA) is 37.3 Å². The lowest BCUT2D eigenvalue weighted by Gasteiger charge is -2.18. The number of carboxylic acid groups (broad SMARTS) is 1. The number of hydrogen-bond acceptors (Lipinski definition) is 1. The zero-order valence-electron chi connectivity index (χ0n) is 8.67. The van der Waals surface area contributed by atoms with Gasteiger partial charge < -0.3 is 5.11 Å². The molecule has 0 heterocycles. The van der Waals surface area contributed by atoms with Crippen molar-refractivity contribution in [3.05, 3.63) is 35.4 Å². The first-order valence-corrected chi connectivity index (χ1v) is 4.82. The SMILES string of the molecule is O=C(O)CCc1ccccc1C(F)(F)C(F)F. The minimum Gasteiger partial charge on any atom is -0.481 e. The average Bonchev–Trinajstić information content (AvgIpc) is 2.26. The minimum absolute atomic E-state index is 0.0693. The monoisotopic (exact) mass is 250 g/mol. The molecule has 1 aromatic carbocycles. The summed E-state index contributed by atoms with van der Waals surface area (Å²) in [4.78, 5) is 10.3. The fourth-order valence-electron chi connectivity index (χ4n) is 1.42. The summed E-state index contributed by atoms with van der Waals surface area (Å²) in [5.74, 6) is -5.42. The van der Waals surface area contributed by atoms with Gasteiger partial charge in [0.05, 0.1) is 0 Å². The Morgan fingerprint density at radius 1 is 1.29 bits per heavy atom. The van der Waals surface area contributed by atoms with E-state index in [2.05, 4.69) is 0 Å². The highest BCUT2D eigenvalue weighted by Gasteiger charge is 2.43. The third kappa shape index (κ3) is 3.18. The Hall–Kier alpha value is -1.59. The third-order valence-electron chi connectivity index (χ3n) is 2.26. The van der Waals surface area contributed by atoms with Gasteiger partial charge in [-0.25, -0.2) is 8.78 Å². The average molecular weight is 250 g/mol. The molecule has 94 valence electrons. The summed E-state index contributed by atoms with van der Waals surface area (Å²) < 4.78 is 50.8. The molecule has 0 radical (unpaired) electrons. The molecule has 0 unspecified atom stereocenters. The number of rotatable bonds is 5. The Balaban J connectivity index is 3.03. The van der Waals surface area contributed by atoms with E-state index in [9.17, 15) is 22.4 Å². The van der Waals surface area contributed by atoms with Gasteiger partial charge in [-0.2, -0.15) is 8.78 Å². The van der Waals surface area contributed by atoms with Crippen LogP contribution >= 0.6 is 0 Å². The van der Waals surface area contributed by atoms with Crippen LogP contribution in [0.4, 0.5) is 17.6 Å². The van der Waals surface area contributed by atoms with Crippen molar-refractivity contribution in [2.45, 2.75) is 25.2 Å². The largest absolute Gasteiger partial charge is 0.481 e. The summed E-state index contributed by atoms with van der Waals surface area (Å²) in [5, 5.41) is 8.44. The van der Waals surface area contributed by atoms with Crippen molar-refractivity contribution in [1.29, 1.82) is 0 Å². The number of aryl methyl sites for hydroxylation is 1. The van der Waals surface area contributed by atoms with E-state index in [4.69, 9.17) is 5.11 Å². The maximum Gasteiger partial charge on any atom is 0.332 e. The Kier molecular flexibility index (Phi) is 4.09. The molecule has 0 aliphatic carbocycles. The molecule has 0 aliphatic rings. The zero-order valence-corrected chi connectivity index (χ0v) is 8.67. The molecule has 1 aromatic rings. The zero-order chi connectivity index (χ0) is 13.1. The molecule has 1 rings (SSSR count). The molecular weight excluding hydrogens is 240 g/mol. The van der Waals surface area contributed by atoms with E-state index in [-0.39, 0.29) is 18.4 Å². The van der Waals surface area contributed by atoms with Crippen LogP contribution in [0, 0.1) is 0 Å². The van der Waals surface area contributed by atoms with E-state index in [0.717, 1.165) is 6.07 Å². The number of carboxylic acids is 1. The molecule has 0 fully saturated rings. The van der Waals surface area contributed by atoms with E-state index in [1.165, 1.54) is 18.2 Å². The number of halogens is 4. The summed E-state index contributed by atoms with van der Waals surface area (Å²) in [5.41, 5.74) is -0.878. The summed E-state index contributed by atoms with van der Waals surface area (Å²) in [6.45, 7) is 0. The first-order valence-electron chi connectivity index (χ1n) is 4.82. The van der Waals surface area contributed by atoms with Crippen molar-refractivity contribution < 1.29 is 27.5 Å². The number of aliphatic carboxylic acids is 1. The lowest BCUT2D eigenvalue weighted by molar-refractivity contribution is -0.137. The second-order valence-electron chi connectivity index (χ2n) is 3.47. The summed E-state index contributed by atoms with van der Waals surface area (Å²) in [6, 6.07) is 4.75. The van der Waals surface area contributed by atoms with Gasteiger partial charge in [-0.1, -0.05) is 24.3 Å². The van der Waals surface area contributed by atoms with Crippen molar-refractivity contribution in [1.82, 2.24) is 0 Å². The van der Waals surface area contributed by atoms with Crippen molar-refractivity contribution >= 4 is 5.97 Å². The van der Waals surface area contributed by atoms with Crippen LogP contribution in [0.5, 0.6) is 0 Å². The van der Waals surface area contributed by atoms with Crippen molar-refractivity contribution in [2.75, 3.05) is 0 Å². The van der Waals surface area contributed by atoms with Crippen molar-refractivity contribution in [3.8, 4) is 0 Å². The number of carbonyl (C=O) groups is 1. The summed E-state index contributed by atoms with van der Waals surface area (Å²) in [6.07, 6.45) is -4.39. The van der Waals surface area contributed by atoms with Crippen molar-refractivity contribution in [2.24, 2.45) is 0 Å². The number of alkyl halides is 4. The van der Waals surface area contributed by atoms with Crippen LogP contribution in [0.1, 0.15) is 17.5 Å². The Labute approximate surface area is 94.9 Å². The fraction of sp³-hybridized carbons (Fsp3) is 0.364. The minimum atomic E-state index is -4.25. The van der Waals surface area contributed by atoms with Gasteiger partial charge >= 0.3 is 18.3 Å². The van der Waals surface area contributed by atoms with Crippen LogP contribution < -0.4 is 0 Å². The molecule has 0 atom stereocenters. The van der Waals surface area contributed by atoms with E-state index in [1.54, 1.807) is 0 Å². The molecule has 0 spiro atoms. The first-order chi connectivity index (χ1) is 7.85. The molecule has 1 N–H and O–H groups in total. The molecule has 0 bridgehead atoms. The lowest BCUT2D eigenvalue weighted by Crippen LogP contribution is -2.25. The second kappa shape index (κ2) is 5.16. The highest BCUT2D eigenvalue weighted by molar-refractivity contribution is 5.67. The predicted octanol–water partition coefficient (Wildman–Crippen LogP) is 3.06. The van der Waals surface area contributed by atoms with Crippen LogP contribution in [0.2, 0.25) is 0 Å². The van der Waals surface area contributed by atoms with Gasteiger partial charge in [-0.15, -0.1) is 0 Å². The lowest BCUT2D eigenvalue weighted by atomic mass is 9.98. The van der Waals surface area contributed by atoms with Gasteiger partial charge in [0, 0.05) is 12.0 Å². The first kappa shape index (κ1) is 13.5. The fourth-order valence-corrected chi connectivity index (χ4v) is 1.42. The molecule has 2 nitrogen and oxygen atoms in total. The maximum absolute atomic E-state index is 13.2. The second-order valence-corrected chi connectivity index (χ2v) is 3.47. The van der Waals surface area contributed by atoms with Gasteiger partial charge in [-0.3, -0.25) is 4.79 Å². The van der Waals surface area contributed by atoms with Crippen LogP contribution in [0.3, 0.4) is 0 Å². The van der Waals surface area contributed by atoms with E-state index in [0.29, 0.717) is 0 Å². The van der Waals surface area contributed by atoms with Crippen molar-refractivity contribution in [3.63, 3.8) is 0 Å². The molecule has 6 heteroatoms. The van der Waals surface area contributed by atoms with Crippen LogP contribution in [0.15, 0.2) is 24.3 Å². The summed E-state index contributed by atoms with van der Waals surface area (Å²) >= 11 is 0. The molecule has 0 saturated heterocycles. The number of benzene rings is 1. The number of hydrogen-bond donors (Lipinski definition) is 1.